The van der Waals surface area contributed by atoms with Gasteiger partial charge in [-0.3, -0.25) is 9.67 Å². The first-order chi connectivity index (χ1) is 16.0. The molecule has 1 aliphatic heterocycles. The molecule has 0 spiro atoms. The smallest absolute Gasteiger partial charge is 0.101 e. The number of nitrogens with one attached hydrogen (secondary N) is 1. The fourth-order valence-electron chi connectivity index (χ4n) is 3.43. The molecule has 1 aliphatic rings. The average molecular weight is 450 g/mol. The third-order valence-electron chi connectivity index (χ3n) is 5.43. The van der Waals surface area contributed by atoms with Crippen molar-refractivity contribution in [2.45, 2.75) is 46.8 Å². The number of aromatic nitrogens is 2. The largest absolute Gasteiger partial charge is 0.376 e. The molecule has 1 aromatic carbocycles. The lowest BCUT2D eigenvalue weighted by Gasteiger charge is -2.20. The molecule has 0 saturated carbocycles. The third kappa shape index (κ3) is 8.39. The maximum Gasteiger partial charge on any atom is 0.101 e. The normalized spacial score (nSPS) is 13.4. The molecule has 2 heterocycles. The first-order valence-corrected chi connectivity index (χ1v) is 11.6. The van der Waals surface area contributed by atoms with Gasteiger partial charge in [0.2, 0.25) is 0 Å². The van der Waals surface area contributed by atoms with E-state index in [4.69, 9.17) is 4.74 Å². The Kier molecular flexibility index (Phi) is 11.2. The minimum atomic E-state index is 0.703. The van der Waals surface area contributed by atoms with E-state index in [9.17, 15) is 0 Å². The summed E-state index contributed by atoms with van der Waals surface area (Å²) >= 11 is 0. The van der Waals surface area contributed by atoms with Crippen LogP contribution in [0.15, 0.2) is 83.4 Å². The summed E-state index contributed by atoms with van der Waals surface area (Å²) in [7, 11) is 3.99. The lowest BCUT2D eigenvalue weighted by Crippen LogP contribution is -2.25. The Hall–Kier alpha value is -3.12. The van der Waals surface area contributed by atoms with Crippen LogP contribution in [0, 0.1) is 0 Å². The molecule has 6 heteroatoms. The van der Waals surface area contributed by atoms with E-state index in [1.165, 1.54) is 16.7 Å². The Bertz CT molecular complexity index is 956. The van der Waals surface area contributed by atoms with Crippen molar-refractivity contribution in [2.24, 2.45) is 4.99 Å². The second kappa shape index (κ2) is 14.1. The van der Waals surface area contributed by atoms with Crippen molar-refractivity contribution in [1.82, 2.24) is 15.1 Å². The summed E-state index contributed by atoms with van der Waals surface area (Å²) in [5.74, 6) is 1.09. The van der Waals surface area contributed by atoms with E-state index in [0.29, 0.717) is 6.61 Å². The number of hydrogen-bond acceptors (Lipinski definition) is 5. The Balaban J connectivity index is 0.000000273. The number of rotatable bonds is 11. The van der Waals surface area contributed by atoms with Crippen molar-refractivity contribution < 1.29 is 4.74 Å². The highest BCUT2D eigenvalue weighted by molar-refractivity contribution is 6.00. The van der Waals surface area contributed by atoms with Crippen LogP contribution in [0.25, 0.3) is 0 Å². The predicted molar refractivity (Wildman–Crippen MR) is 140 cm³/mol. The van der Waals surface area contributed by atoms with Crippen molar-refractivity contribution in [3.05, 3.63) is 84.0 Å². The number of nitrogens with zero attached hydrogens (tertiary/aromatic N) is 4. The van der Waals surface area contributed by atoms with Crippen LogP contribution in [-0.4, -0.2) is 42.7 Å². The van der Waals surface area contributed by atoms with Crippen molar-refractivity contribution in [2.75, 3.05) is 32.1 Å². The van der Waals surface area contributed by atoms with Gasteiger partial charge in [0.05, 0.1) is 38.2 Å². The number of allylic oxidation sites excluding steroid dienone is 2. The molecule has 0 unspecified atom stereocenters. The lowest BCUT2D eigenvalue weighted by atomic mass is 10.1. The van der Waals surface area contributed by atoms with Crippen molar-refractivity contribution in [3.63, 3.8) is 0 Å². The molecule has 0 bridgehead atoms. The van der Waals surface area contributed by atoms with E-state index in [-0.39, 0.29) is 0 Å². The minimum Gasteiger partial charge on any atom is -0.376 e. The summed E-state index contributed by atoms with van der Waals surface area (Å²) in [6.45, 7) is 13.1. The van der Waals surface area contributed by atoms with Gasteiger partial charge in [0.25, 0.3) is 0 Å². The second-order valence-electron chi connectivity index (χ2n) is 7.98. The summed E-state index contributed by atoms with van der Waals surface area (Å²) in [6.07, 6.45) is 9.93. The molecule has 2 aromatic rings. The third-order valence-corrected chi connectivity index (χ3v) is 5.43. The summed E-state index contributed by atoms with van der Waals surface area (Å²) < 4.78 is 7.37. The van der Waals surface area contributed by atoms with E-state index < -0.39 is 0 Å². The quantitative estimate of drug-likeness (QED) is 0.371. The van der Waals surface area contributed by atoms with Crippen molar-refractivity contribution in [3.8, 4) is 0 Å². The molecule has 0 fully saturated rings. The van der Waals surface area contributed by atoms with Gasteiger partial charge < -0.3 is 15.0 Å². The zero-order valence-corrected chi connectivity index (χ0v) is 20.8. The number of anilines is 1. The summed E-state index contributed by atoms with van der Waals surface area (Å²) in [5.41, 5.74) is 6.10. The van der Waals surface area contributed by atoms with Gasteiger partial charge in [0.15, 0.2) is 0 Å². The highest BCUT2D eigenvalue weighted by atomic mass is 16.5. The zero-order chi connectivity index (χ0) is 24.1. The van der Waals surface area contributed by atoms with Crippen molar-refractivity contribution in [1.29, 1.82) is 0 Å². The molecule has 33 heavy (non-hydrogen) atoms. The van der Waals surface area contributed by atoms with Crippen LogP contribution < -0.4 is 10.2 Å². The second-order valence-corrected chi connectivity index (χ2v) is 7.98. The molecular weight excluding hydrogens is 410 g/mol. The fourth-order valence-corrected chi connectivity index (χ4v) is 3.43. The summed E-state index contributed by atoms with van der Waals surface area (Å²) in [5, 5.41) is 7.70. The number of benzene rings is 1. The minimum absolute atomic E-state index is 0.703. The van der Waals surface area contributed by atoms with E-state index in [1.807, 2.05) is 49.2 Å². The molecule has 6 nitrogen and oxygen atoms in total. The van der Waals surface area contributed by atoms with Crippen LogP contribution in [0.1, 0.15) is 39.2 Å². The van der Waals surface area contributed by atoms with Crippen molar-refractivity contribution >= 4 is 11.4 Å². The van der Waals surface area contributed by atoms with Gasteiger partial charge in [-0.1, -0.05) is 43.3 Å². The monoisotopic (exact) mass is 449 g/mol. The van der Waals surface area contributed by atoms with Gasteiger partial charge in [-0.25, -0.2) is 0 Å². The molecular formula is C27H39N5O. The van der Waals surface area contributed by atoms with Crippen LogP contribution in [0.5, 0.6) is 0 Å². The highest BCUT2D eigenvalue weighted by Crippen LogP contribution is 2.19. The number of hydrogen-bond donors (Lipinski definition) is 1. The van der Waals surface area contributed by atoms with E-state index in [2.05, 4.69) is 72.1 Å². The average Bonchev–Trinajstić information content (AvgIpc) is 3.43. The molecule has 178 valence electrons. The molecule has 3 rings (SSSR count). The molecule has 1 N–H and O–H groups in total. The van der Waals surface area contributed by atoms with Crippen LogP contribution in [-0.2, 0) is 17.9 Å². The number of aliphatic imine (C=N–C) groups is 1. The standard InChI is InChI=1S/C16H25N5.C11H14O/c1-6-7-16(17-4)20(5)14-9-19-21(10-14)11-15-12(2)8-18-13(15)3;1-2-3-9-12-10-11-7-5-4-6-8-11/h7,9-10,17H,6,8,11H2,1-5H3;2,4-8H,1,3,9-10H2/b16-7-;. The summed E-state index contributed by atoms with van der Waals surface area (Å²) in [6, 6.07) is 10.2. The Labute approximate surface area is 199 Å². The Morgan fingerprint density at radius 1 is 1.27 bits per heavy atom. The highest BCUT2D eigenvalue weighted by Gasteiger charge is 2.14. The van der Waals surface area contributed by atoms with E-state index in [1.54, 1.807) is 0 Å². The molecule has 0 aliphatic carbocycles. The van der Waals surface area contributed by atoms with E-state index >= 15 is 0 Å². The van der Waals surface area contributed by atoms with Crippen LogP contribution in [0.4, 0.5) is 5.69 Å². The SMILES string of the molecule is C=CCCOCc1ccccc1.CC/C=C(/NC)N(C)c1cnn(CC2=C(C)CN=C2C)c1. The van der Waals surface area contributed by atoms with Gasteiger partial charge in [0.1, 0.15) is 5.82 Å². The molecule has 0 saturated heterocycles. The fraction of sp³-hybridized carbons (Fsp3) is 0.407. The lowest BCUT2D eigenvalue weighted by molar-refractivity contribution is 0.125. The molecule has 0 atom stereocenters. The van der Waals surface area contributed by atoms with Gasteiger partial charge >= 0.3 is 0 Å². The molecule has 0 amide bonds. The topological polar surface area (TPSA) is 54.7 Å². The van der Waals surface area contributed by atoms with Gasteiger partial charge in [-0.15, -0.1) is 6.58 Å². The van der Waals surface area contributed by atoms with Gasteiger partial charge in [-0.05, 0) is 49.5 Å². The zero-order valence-electron chi connectivity index (χ0n) is 20.8. The Morgan fingerprint density at radius 3 is 2.64 bits per heavy atom. The first-order valence-electron chi connectivity index (χ1n) is 11.6. The molecule has 1 aromatic heterocycles. The maximum atomic E-state index is 5.39. The Morgan fingerprint density at radius 2 is 2.03 bits per heavy atom. The predicted octanol–water partition coefficient (Wildman–Crippen LogP) is 5.36. The maximum absolute atomic E-state index is 5.39. The summed E-state index contributed by atoms with van der Waals surface area (Å²) in [4.78, 5) is 6.59. The number of ether oxygens (including phenoxy) is 1. The van der Waals surface area contributed by atoms with Crippen LogP contribution in [0.2, 0.25) is 0 Å². The first kappa shape index (κ1) is 26.1. The molecule has 0 radical (unpaired) electrons. The van der Waals surface area contributed by atoms with Crippen LogP contribution in [0.3, 0.4) is 0 Å². The van der Waals surface area contributed by atoms with Crippen LogP contribution >= 0.6 is 0 Å². The van der Waals surface area contributed by atoms with E-state index in [0.717, 1.165) is 49.8 Å². The van der Waals surface area contributed by atoms with Gasteiger partial charge in [-0.2, -0.15) is 5.10 Å². The van der Waals surface area contributed by atoms with Gasteiger partial charge in [0, 0.05) is 26.0 Å².